The number of nitrogens with two attached hydrogens (primary N) is 1. The quantitative estimate of drug-likeness (QED) is 0.802. The van der Waals surface area contributed by atoms with Crippen LogP contribution in [0, 0.1) is 5.41 Å². The summed E-state index contributed by atoms with van der Waals surface area (Å²) in [5, 5.41) is 0. The summed E-state index contributed by atoms with van der Waals surface area (Å²) in [5.74, 6) is 0.354. The number of hydrogen-bond acceptors (Lipinski definition) is 2. The van der Waals surface area contributed by atoms with Crippen LogP contribution in [0.4, 0.5) is 0 Å². The third-order valence-electron chi connectivity index (χ3n) is 4.72. The van der Waals surface area contributed by atoms with Gasteiger partial charge in [0.2, 0.25) is 5.91 Å². The van der Waals surface area contributed by atoms with Crippen LogP contribution >= 0.6 is 0 Å². The number of rotatable bonds is 2. The van der Waals surface area contributed by atoms with Crippen molar-refractivity contribution in [1.29, 1.82) is 0 Å². The second-order valence-electron chi connectivity index (χ2n) is 5.89. The molecular weight excluding hydrogens is 212 g/mol. The first-order valence-corrected chi connectivity index (χ1v) is 7.21. The van der Waals surface area contributed by atoms with E-state index < -0.39 is 0 Å². The minimum absolute atomic E-state index is 0.210. The number of hydrogen-bond donors (Lipinski definition) is 1. The van der Waals surface area contributed by atoms with Crippen molar-refractivity contribution in [2.45, 2.75) is 64.3 Å². The third kappa shape index (κ3) is 2.49. The fourth-order valence-corrected chi connectivity index (χ4v) is 3.44. The average Bonchev–Trinajstić information content (AvgIpc) is 2.73. The van der Waals surface area contributed by atoms with Crippen molar-refractivity contribution >= 4 is 5.91 Å². The van der Waals surface area contributed by atoms with Crippen molar-refractivity contribution in [2.24, 2.45) is 11.1 Å². The molecular formula is C14H26N2O. The van der Waals surface area contributed by atoms with Crippen LogP contribution in [-0.4, -0.2) is 29.9 Å². The SMILES string of the molecule is CC1CCCCCN1C(=O)C1(CN)CCCC1. The Morgan fingerprint density at radius 3 is 2.59 bits per heavy atom. The highest BCUT2D eigenvalue weighted by molar-refractivity contribution is 5.83. The summed E-state index contributed by atoms with van der Waals surface area (Å²) in [6.45, 7) is 3.68. The van der Waals surface area contributed by atoms with E-state index in [4.69, 9.17) is 5.73 Å². The molecule has 2 N–H and O–H groups in total. The lowest BCUT2D eigenvalue weighted by atomic mass is 9.84. The number of carbonyl (C=O) groups excluding carboxylic acids is 1. The maximum atomic E-state index is 12.8. The van der Waals surface area contributed by atoms with Crippen LogP contribution in [0.2, 0.25) is 0 Å². The molecule has 17 heavy (non-hydrogen) atoms. The molecule has 1 saturated carbocycles. The van der Waals surface area contributed by atoms with Crippen LogP contribution in [0.15, 0.2) is 0 Å². The van der Waals surface area contributed by atoms with Gasteiger partial charge in [-0.3, -0.25) is 4.79 Å². The standard InChI is InChI=1S/C14H26N2O/c1-12-7-3-2-6-10-16(12)13(17)14(11-15)8-4-5-9-14/h12H,2-11,15H2,1H3. The van der Waals surface area contributed by atoms with E-state index in [1.165, 1.54) is 25.7 Å². The summed E-state index contributed by atoms with van der Waals surface area (Å²) >= 11 is 0. The van der Waals surface area contributed by atoms with Gasteiger partial charge in [0.25, 0.3) is 0 Å². The second kappa shape index (κ2) is 5.38. The number of likely N-dealkylation sites (tertiary alicyclic amines) is 1. The van der Waals surface area contributed by atoms with Crippen molar-refractivity contribution in [1.82, 2.24) is 4.90 Å². The van der Waals surface area contributed by atoms with Crippen molar-refractivity contribution < 1.29 is 4.79 Å². The average molecular weight is 238 g/mol. The Morgan fingerprint density at radius 2 is 1.94 bits per heavy atom. The van der Waals surface area contributed by atoms with Gasteiger partial charge >= 0.3 is 0 Å². The lowest BCUT2D eigenvalue weighted by molar-refractivity contribution is -0.143. The molecule has 1 heterocycles. The smallest absolute Gasteiger partial charge is 0.230 e. The molecule has 1 atom stereocenters. The predicted molar refractivity (Wildman–Crippen MR) is 69.6 cm³/mol. The molecule has 0 bridgehead atoms. The molecule has 0 radical (unpaired) electrons. The Balaban J connectivity index is 2.11. The largest absolute Gasteiger partial charge is 0.339 e. The molecule has 0 aromatic rings. The molecule has 1 aliphatic heterocycles. The minimum atomic E-state index is -0.210. The zero-order valence-corrected chi connectivity index (χ0v) is 11.1. The van der Waals surface area contributed by atoms with Gasteiger partial charge < -0.3 is 10.6 Å². The normalized spacial score (nSPS) is 29.1. The fourth-order valence-electron chi connectivity index (χ4n) is 3.44. The Hall–Kier alpha value is -0.570. The second-order valence-corrected chi connectivity index (χ2v) is 5.89. The van der Waals surface area contributed by atoms with E-state index in [-0.39, 0.29) is 5.41 Å². The van der Waals surface area contributed by atoms with Crippen LogP contribution in [0.1, 0.15) is 58.3 Å². The first-order valence-electron chi connectivity index (χ1n) is 7.21. The highest BCUT2D eigenvalue weighted by Crippen LogP contribution is 2.39. The van der Waals surface area contributed by atoms with Gasteiger partial charge in [-0.05, 0) is 32.6 Å². The van der Waals surface area contributed by atoms with Crippen molar-refractivity contribution in [3.8, 4) is 0 Å². The van der Waals surface area contributed by atoms with Crippen LogP contribution in [-0.2, 0) is 4.79 Å². The van der Waals surface area contributed by atoms with Gasteiger partial charge in [-0.25, -0.2) is 0 Å². The van der Waals surface area contributed by atoms with E-state index in [0.717, 1.165) is 32.2 Å². The lowest BCUT2D eigenvalue weighted by Gasteiger charge is -2.36. The summed E-state index contributed by atoms with van der Waals surface area (Å²) in [6, 6.07) is 0.411. The van der Waals surface area contributed by atoms with Gasteiger partial charge in [0.1, 0.15) is 0 Å². The molecule has 1 unspecified atom stereocenters. The first kappa shape index (κ1) is 12.9. The number of nitrogens with zero attached hydrogens (tertiary/aromatic N) is 1. The van der Waals surface area contributed by atoms with Gasteiger partial charge in [-0.15, -0.1) is 0 Å². The molecule has 2 aliphatic rings. The molecule has 0 aromatic carbocycles. The van der Waals surface area contributed by atoms with E-state index >= 15 is 0 Å². The van der Waals surface area contributed by atoms with Gasteiger partial charge in [0.05, 0.1) is 5.41 Å². The van der Waals surface area contributed by atoms with Gasteiger partial charge in [-0.2, -0.15) is 0 Å². The van der Waals surface area contributed by atoms with Crippen molar-refractivity contribution in [2.75, 3.05) is 13.1 Å². The van der Waals surface area contributed by atoms with Gasteiger partial charge in [-0.1, -0.05) is 25.7 Å². The van der Waals surface area contributed by atoms with Crippen LogP contribution in [0.25, 0.3) is 0 Å². The van der Waals surface area contributed by atoms with Crippen LogP contribution in [0.3, 0.4) is 0 Å². The van der Waals surface area contributed by atoms with Crippen molar-refractivity contribution in [3.05, 3.63) is 0 Å². The molecule has 0 aromatic heterocycles. The monoisotopic (exact) mass is 238 g/mol. The zero-order valence-electron chi connectivity index (χ0n) is 11.1. The maximum absolute atomic E-state index is 12.8. The lowest BCUT2D eigenvalue weighted by Crippen LogP contribution is -2.49. The van der Waals surface area contributed by atoms with Crippen LogP contribution < -0.4 is 5.73 Å². The molecule has 3 nitrogen and oxygen atoms in total. The fraction of sp³-hybridized carbons (Fsp3) is 0.929. The Bertz CT molecular complexity index is 271. The van der Waals surface area contributed by atoms with E-state index in [1.807, 2.05) is 0 Å². The summed E-state index contributed by atoms with van der Waals surface area (Å²) in [7, 11) is 0. The van der Waals surface area contributed by atoms with Gasteiger partial charge in [0.15, 0.2) is 0 Å². The summed E-state index contributed by atoms with van der Waals surface area (Å²) in [5.41, 5.74) is 5.70. The Labute approximate surface area is 105 Å². The molecule has 2 rings (SSSR count). The summed E-state index contributed by atoms with van der Waals surface area (Å²) in [4.78, 5) is 14.9. The highest BCUT2D eigenvalue weighted by atomic mass is 16.2. The van der Waals surface area contributed by atoms with E-state index in [0.29, 0.717) is 18.5 Å². The third-order valence-corrected chi connectivity index (χ3v) is 4.72. The summed E-state index contributed by atoms with van der Waals surface area (Å²) in [6.07, 6.45) is 9.21. The maximum Gasteiger partial charge on any atom is 0.230 e. The first-order chi connectivity index (χ1) is 8.19. The molecule has 3 heteroatoms. The Morgan fingerprint density at radius 1 is 1.24 bits per heavy atom. The minimum Gasteiger partial charge on any atom is -0.339 e. The zero-order chi connectivity index (χ0) is 12.3. The van der Waals surface area contributed by atoms with Gasteiger partial charge in [0, 0.05) is 19.1 Å². The topological polar surface area (TPSA) is 46.3 Å². The molecule has 1 aliphatic carbocycles. The van der Waals surface area contributed by atoms with Crippen LogP contribution in [0.5, 0.6) is 0 Å². The highest BCUT2D eigenvalue weighted by Gasteiger charge is 2.43. The molecule has 2 fully saturated rings. The van der Waals surface area contributed by atoms with E-state index in [1.54, 1.807) is 0 Å². The van der Waals surface area contributed by atoms with E-state index in [2.05, 4.69) is 11.8 Å². The number of amides is 1. The molecule has 1 amide bonds. The predicted octanol–water partition coefficient (Wildman–Crippen LogP) is 2.30. The van der Waals surface area contributed by atoms with E-state index in [9.17, 15) is 4.79 Å². The Kier molecular flexibility index (Phi) is 4.08. The molecule has 98 valence electrons. The molecule has 0 spiro atoms. The number of carbonyl (C=O) groups is 1. The summed E-state index contributed by atoms with van der Waals surface area (Å²) < 4.78 is 0. The van der Waals surface area contributed by atoms with Crippen molar-refractivity contribution in [3.63, 3.8) is 0 Å². The molecule has 1 saturated heterocycles.